The molecular weight excluding hydrogens is 255 g/mol. The Morgan fingerprint density at radius 1 is 1.50 bits per heavy atom. The summed E-state index contributed by atoms with van der Waals surface area (Å²) in [6.07, 6.45) is 2.45. The van der Waals surface area contributed by atoms with Crippen LogP contribution in [0.2, 0.25) is 0 Å². The number of halogens is 1. The van der Waals surface area contributed by atoms with Crippen LogP contribution in [0.1, 0.15) is 44.7 Å². The van der Waals surface area contributed by atoms with E-state index in [0.29, 0.717) is 12.2 Å². The molecule has 1 aliphatic heterocycles. The van der Waals surface area contributed by atoms with Gasteiger partial charge >= 0.3 is 0 Å². The van der Waals surface area contributed by atoms with Crippen molar-refractivity contribution in [1.82, 2.24) is 5.32 Å². The van der Waals surface area contributed by atoms with Crippen molar-refractivity contribution in [2.24, 2.45) is 0 Å². The van der Waals surface area contributed by atoms with Crippen LogP contribution in [0.15, 0.2) is 18.2 Å². The number of anilines is 1. The predicted octanol–water partition coefficient (Wildman–Crippen LogP) is 2.85. The Kier molecular flexibility index (Phi) is 5.38. The molecule has 0 radical (unpaired) electrons. The monoisotopic (exact) mass is 280 g/mol. The van der Waals surface area contributed by atoms with Gasteiger partial charge in [-0.2, -0.15) is 0 Å². The van der Waals surface area contributed by atoms with E-state index >= 15 is 0 Å². The fourth-order valence-corrected chi connectivity index (χ4v) is 2.70. The van der Waals surface area contributed by atoms with E-state index in [1.54, 1.807) is 6.07 Å². The highest BCUT2D eigenvalue weighted by Gasteiger charge is 2.20. The van der Waals surface area contributed by atoms with E-state index < -0.39 is 0 Å². The normalized spacial score (nSPS) is 21.0. The van der Waals surface area contributed by atoms with Crippen LogP contribution in [0.5, 0.6) is 0 Å². The molecule has 0 bridgehead atoms. The summed E-state index contributed by atoms with van der Waals surface area (Å²) in [6, 6.07) is 5.59. The predicted molar refractivity (Wildman–Crippen MR) is 80.6 cm³/mol. The number of aliphatic hydroxyl groups is 1. The first kappa shape index (κ1) is 15.3. The van der Waals surface area contributed by atoms with E-state index in [9.17, 15) is 9.50 Å². The number of hydrogen-bond acceptors (Lipinski definition) is 3. The Hall–Kier alpha value is -1.13. The van der Waals surface area contributed by atoms with Crippen LogP contribution in [0.4, 0.5) is 10.1 Å². The number of nitrogens with zero attached hydrogens (tertiary/aromatic N) is 1. The van der Waals surface area contributed by atoms with Gasteiger partial charge in [0.2, 0.25) is 0 Å². The van der Waals surface area contributed by atoms with Gasteiger partial charge < -0.3 is 15.3 Å². The second-order valence-corrected chi connectivity index (χ2v) is 5.63. The Balaban J connectivity index is 2.09. The molecule has 0 saturated carbocycles. The Morgan fingerprint density at radius 3 is 2.95 bits per heavy atom. The molecule has 2 unspecified atom stereocenters. The summed E-state index contributed by atoms with van der Waals surface area (Å²) >= 11 is 0. The standard InChI is InChI=1S/C16H25FN2O/c1-3-8-18-12(2)13-6-7-16(15(17)10-13)19-9-4-5-14(20)11-19/h6-7,10,12,14,18,20H,3-5,8-9,11H2,1-2H3. The molecule has 2 atom stereocenters. The number of benzene rings is 1. The number of aliphatic hydroxyl groups excluding tert-OH is 1. The molecule has 20 heavy (non-hydrogen) atoms. The molecule has 1 saturated heterocycles. The van der Waals surface area contributed by atoms with Crippen molar-refractivity contribution in [3.05, 3.63) is 29.6 Å². The second-order valence-electron chi connectivity index (χ2n) is 5.63. The molecule has 0 aromatic heterocycles. The first-order valence-corrected chi connectivity index (χ1v) is 7.57. The van der Waals surface area contributed by atoms with Crippen molar-refractivity contribution in [1.29, 1.82) is 0 Å². The minimum absolute atomic E-state index is 0.158. The summed E-state index contributed by atoms with van der Waals surface area (Å²) in [4.78, 5) is 1.94. The van der Waals surface area contributed by atoms with Crippen LogP contribution >= 0.6 is 0 Å². The highest BCUT2D eigenvalue weighted by Crippen LogP contribution is 2.26. The van der Waals surface area contributed by atoms with Crippen LogP contribution in [-0.2, 0) is 0 Å². The largest absolute Gasteiger partial charge is 0.391 e. The molecule has 112 valence electrons. The first-order chi connectivity index (χ1) is 9.61. The number of nitrogens with one attached hydrogen (secondary N) is 1. The minimum Gasteiger partial charge on any atom is -0.391 e. The fourth-order valence-electron chi connectivity index (χ4n) is 2.70. The molecule has 1 aliphatic rings. The average Bonchev–Trinajstić information content (AvgIpc) is 2.44. The lowest BCUT2D eigenvalue weighted by Crippen LogP contribution is -2.38. The SMILES string of the molecule is CCCNC(C)c1ccc(N2CCCC(O)C2)c(F)c1. The van der Waals surface area contributed by atoms with Gasteiger partial charge in [0.05, 0.1) is 11.8 Å². The van der Waals surface area contributed by atoms with Gasteiger partial charge in [0.25, 0.3) is 0 Å². The quantitative estimate of drug-likeness (QED) is 0.870. The van der Waals surface area contributed by atoms with Gasteiger partial charge in [-0.3, -0.25) is 0 Å². The third kappa shape index (κ3) is 3.70. The van der Waals surface area contributed by atoms with Crippen LogP contribution in [0, 0.1) is 5.82 Å². The number of rotatable bonds is 5. The van der Waals surface area contributed by atoms with Gasteiger partial charge in [0, 0.05) is 19.1 Å². The van der Waals surface area contributed by atoms with Gasteiger partial charge in [-0.05, 0) is 50.4 Å². The first-order valence-electron chi connectivity index (χ1n) is 7.57. The molecular formula is C16H25FN2O. The van der Waals surface area contributed by atoms with Crippen molar-refractivity contribution in [3.8, 4) is 0 Å². The van der Waals surface area contributed by atoms with E-state index in [2.05, 4.69) is 19.2 Å². The molecule has 1 aromatic rings. The Labute approximate surface area is 120 Å². The third-order valence-electron chi connectivity index (χ3n) is 3.91. The zero-order valence-electron chi connectivity index (χ0n) is 12.4. The zero-order valence-corrected chi connectivity index (χ0v) is 12.4. The maximum absolute atomic E-state index is 14.3. The van der Waals surface area contributed by atoms with Crippen LogP contribution < -0.4 is 10.2 Å². The second kappa shape index (κ2) is 7.04. The molecule has 0 aliphatic carbocycles. The smallest absolute Gasteiger partial charge is 0.146 e. The van der Waals surface area contributed by atoms with E-state index in [-0.39, 0.29) is 18.0 Å². The maximum atomic E-state index is 14.3. The number of β-amino-alcohol motifs (C(OH)–C–C–N with tert-alkyl or cyclic N) is 1. The Morgan fingerprint density at radius 2 is 2.30 bits per heavy atom. The highest BCUT2D eigenvalue weighted by molar-refractivity contribution is 5.50. The Bertz CT molecular complexity index is 438. The van der Waals surface area contributed by atoms with Gasteiger partial charge in [0.15, 0.2) is 0 Å². The van der Waals surface area contributed by atoms with Crippen molar-refractivity contribution in [2.75, 3.05) is 24.5 Å². The lowest BCUT2D eigenvalue weighted by molar-refractivity contribution is 0.154. The van der Waals surface area contributed by atoms with E-state index in [4.69, 9.17) is 0 Å². The number of piperidine rings is 1. The molecule has 1 heterocycles. The zero-order chi connectivity index (χ0) is 14.5. The molecule has 2 N–H and O–H groups in total. The third-order valence-corrected chi connectivity index (χ3v) is 3.91. The van der Waals surface area contributed by atoms with Crippen LogP contribution in [0.25, 0.3) is 0 Å². The molecule has 3 nitrogen and oxygen atoms in total. The average molecular weight is 280 g/mol. The number of hydrogen-bond donors (Lipinski definition) is 2. The van der Waals surface area contributed by atoms with Gasteiger partial charge in [-0.1, -0.05) is 13.0 Å². The molecule has 2 rings (SSSR count). The summed E-state index contributed by atoms with van der Waals surface area (Å²) in [5.41, 5.74) is 1.58. The minimum atomic E-state index is -0.340. The summed E-state index contributed by atoms with van der Waals surface area (Å²) in [5, 5.41) is 13.1. The topological polar surface area (TPSA) is 35.5 Å². The van der Waals surface area contributed by atoms with Crippen LogP contribution in [0.3, 0.4) is 0 Å². The summed E-state index contributed by atoms with van der Waals surface area (Å²) in [7, 11) is 0. The van der Waals surface area contributed by atoms with Crippen molar-refractivity contribution in [2.45, 2.75) is 45.3 Å². The van der Waals surface area contributed by atoms with Crippen molar-refractivity contribution in [3.63, 3.8) is 0 Å². The summed E-state index contributed by atoms with van der Waals surface area (Å²) in [6.45, 7) is 6.44. The highest BCUT2D eigenvalue weighted by atomic mass is 19.1. The van der Waals surface area contributed by atoms with E-state index in [0.717, 1.165) is 37.9 Å². The summed E-state index contributed by atoms with van der Waals surface area (Å²) < 4.78 is 14.3. The molecule has 1 aromatic carbocycles. The van der Waals surface area contributed by atoms with Crippen molar-refractivity contribution >= 4 is 5.69 Å². The lowest BCUT2D eigenvalue weighted by Gasteiger charge is -2.32. The van der Waals surface area contributed by atoms with Gasteiger partial charge in [0.1, 0.15) is 5.82 Å². The lowest BCUT2D eigenvalue weighted by atomic mass is 10.0. The maximum Gasteiger partial charge on any atom is 0.146 e. The van der Waals surface area contributed by atoms with Gasteiger partial charge in [-0.25, -0.2) is 4.39 Å². The van der Waals surface area contributed by atoms with E-state index in [1.807, 2.05) is 17.0 Å². The summed E-state index contributed by atoms with van der Waals surface area (Å²) in [5.74, 6) is -0.193. The van der Waals surface area contributed by atoms with Gasteiger partial charge in [-0.15, -0.1) is 0 Å². The van der Waals surface area contributed by atoms with Crippen LogP contribution in [-0.4, -0.2) is 30.8 Å². The fraction of sp³-hybridized carbons (Fsp3) is 0.625. The molecule has 0 amide bonds. The van der Waals surface area contributed by atoms with E-state index in [1.165, 1.54) is 0 Å². The molecule has 0 spiro atoms. The van der Waals surface area contributed by atoms with Crippen molar-refractivity contribution < 1.29 is 9.50 Å². The molecule has 4 heteroatoms. The molecule has 1 fully saturated rings.